The number of nitrogens with one attached hydrogen (secondary N) is 3. The van der Waals surface area contributed by atoms with Gasteiger partial charge in [0, 0.05) is 24.5 Å². The molecule has 4 heterocycles. The average molecular weight is 449 g/mol. The van der Waals surface area contributed by atoms with Gasteiger partial charge in [-0.25, -0.2) is 19.7 Å². The molecular weight excluding hydrogens is 428 g/mol. The van der Waals surface area contributed by atoms with E-state index in [1.54, 1.807) is 36.7 Å². The lowest BCUT2D eigenvalue weighted by molar-refractivity contribution is -0.117. The van der Waals surface area contributed by atoms with E-state index in [4.69, 9.17) is 0 Å². The van der Waals surface area contributed by atoms with E-state index in [-0.39, 0.29) is 23.9 Å². The van der Waals surface area contributed by atoms with E-state index in [2.05, 4.69) is 32.5 Å². The summed E-state index contributed by atoms with van der Waals surface area (Å²) in [6, 6.07) is 6.32. The van der Waals surface area contributed by atoms with Crippen LogP contribution in [0.15, 0.2) is 49.3 Å². The van der Waals surface area contributed by atoms with Gasteiger partial charge >= 0.3 is 6.03 Å². The maximum Gasteiger partial charge on any atom is 0.332 e. The molecule has 1 fully saturated rings. The Morgan fingerprint density at radius 1 is 1.16 bits per heavy atom. The van der Waals surface area contributed by atoms with Crippen molar-refractivity contribution in [2.45, 2.75) is 31.3 Å². The summed E-state index contributed by atoms with van der Waals surface area (Å²) in [7, 11) is 0. The molecule has 1 saturated carbocycles. The average Bonchev–Trinajstić information content (AvgIpc) is 3.39. The third-order valence-corrected chi connectivity index (χ3v) is 6.77. The minimum Gasteiger partial charge on any atom is -0.348 e. The lowest BCUT2D eigenvalue weighted by atomic mass is 10.1. The van der Waals surface area contributed by atoms with Gasteiger partial charge in [-0.3, -0.25) is 9.59 Å². The van der Waals surface area contributed by atoms with E-state index in [0.29, 0.717) is 32.3 Å². The zero-order valence-corrected chi connectivity index (χ0v) is 17.8. The monoisotopic (exact) mass is 448 g/mol. The molecule has 5 rings (SSSR count). The lowest BCUT2D eigenvalue weighted by Gasteiger charge is -2.27. The molecule has 0 radical (unpaired) electrons. The Morgan fingerprint density at radius 3 is 2.72 bits per heavy atom. The molecular formula is C22H20N6O3S. The quantitative estimate of drug-likeness (QED) is 0.518. The van der Waals surface area contributed by atoms with Crippen molar-refractivity contribution < 1.29 is 14.4 Å². The van der Waals surface area contributed by atoms with Crippen LogP contribution in [0.2, 0.25) is 0 Å². The first kappa shape index (κ1) is 20.1. The Bertz CT molecular complexity index is 1240. The summed E-state index contributed by atoms with van der Waals surface area (Å²) in [5.74, 6) is -0.0822. The molecule has 9 nitrogen and oxygen atoms in total. The van der Waals surface area contributed by atoms with Gasteiger partial charge < -0.3 is 16.0 Å². The fraction of sp³-hybridized carbons (Fsp3) is 0.227. The Labute approximate surface area is 187 Å². The first-order chi connectivity index (χ1) is 15.6. The number of aromatic nitrogens is 2. The van der Waals surface area contributed by atoms with E-state index < -0.39 is 6.03 Å². The molecule has 3 aromatic heterocycles. The molecule has 2 aliphatic rings. The van der Waals surface area contributed by atoms with Gasteiger partial charge in [-0.1, -0.05) is 12.6 Å². The summed E-state index contributed by atoms with van der Waals surface area (Å²) in [6.07, 6.45) is 6.90. The van der Waals surface area contributed by atoms with E-state index >= 15 is 0 Å². The van der Waals surface area contributed by atoms with Crippen molar-refractivity contribution in [3.05, 3.63) is 54.2 Å². The highest BCUT2D eigenvalue weighted by molar-refractivity contribution is 7.21. The van der Waals surface area contributed by atoms with Gasteiger partial charge in [0.1, 0.15) is 15.5 Å². The highest BCUT2D eigenvalue weighted by Gasteiger charge is 2.35. The first-order valence-electron chi connectivity index (χ1n) is 10.2. The number of carbonyl (C=O) groups is 3. The summed E-state index contributed by atoms with van der Waals surface area (Å²) >= 11 is 1.22. The molecule has 3 N–H and O–H groups in total. The van der Waals surface area contributed by atoms with E-state index in [1.165, 1.54) is 22.3 Å². The van der Waals surface area contributed by atoms with Crippen molar-refractivity contribution in [3.63, 3.8) is 0 Å². The van der Waals surface area contributed by atoms with Crippen LogP contribution in [0.1, 0.15) is 28.9 Å². The topological polar surface area (TPSA) is 116 Å². The second-order valence-corrected chi connectivity index (χ2v) is 8.60. The number of thiophene rings is 1. The molecule has 0 saturated heterocycles. The number of hydrogen-bond acceptors (Lipinski definition) is 6. The smallest absolute Gasteiger partial charge is 0.332 e. The summed E-state index contributed by atoms with van der Waals surface area (Å²) in [5, 5.41) is 9.46. The maximum absolute atomic E-state index is 13.2. The third-order valence-electron chi connectivity index (χ3n) is 5.68. The normalized spacial score (nSPS) is 19.5. The van der Waals surface area contributed by atoms with Crippen LogP contribution in [-0.2, 0) is 4.79 Å². The van der Waals surface area contributed by atoms with Gasteiger partial charge in [0.15, 0.2) is 0 Å². The molecule has 0 unspecified atom stereocenters. The van der Waals surface area contributed by atoms with E-state index in [0.717, 1.165) is 19.3 Å². The van der Waals surface area contributed by atoms with Crippen LogP contribution in [0.3, 0.4) is 0 Å². The standard InChI is InChI=1S/C22H20N6O3S/c1-2-16(29)25-12-6-5-7-13(12)26-20(30)19-18-17-14(9-11-24-21(17)32-19)28(22(31)27-18)15-8-3-4-10-23-15/h2-4,8-13H,1,5-7H2,(H,25,29)(H,26,30)(H,27,31)/t12-,13+/m1/s1. The number of anilines is 3. The molecule has 10 heteroatoms. The molecule has 162 valence electrons. The predicted molar refractivity (Wildman–Crippen MR) is 122 cm³/mol. The largest absolute Gasteiger partial charge is 0.348 e. The van der Waals surface area contributed by atoms with Crippen LogP contribution in [0, 0.1) is 0 Å². The molecule has 0 aromatic carbocycles. The Hall–Kier alpha value is -3.79. The number of nitrogens with zero attached hydrogens (tertiary/aromatic N) is 3. The van der Waals surface area contributed by atoms with Crippen LogP contribution in [-0.4, -0.2) is 39.9 Å². The summed E-state index contributed by atoms with van der Waals surface area (Å²) < 4.78 is 0. The molecule has 3 aromatic rings. The van der Waals surface area contributed by atoms with Crippen molar-refractivity contribution in [1.82, 2.24) is 20.6 Å². The zero-order chi connectivity index (χ0) is 22.2. The van der Waals surface area contributed by atoms with Gasteiger partial charge in [0.25, 0.3) is 5.91 Å². The highest BCUT2D eigenvalue weighted by Crippen LogP contribution is 2.45. The summed E-state index contributed by atoms with van der Waals surface area (Å²) in [4.78, 5) is 49.1. The number of carbonyl (C=O) groups excluding carboxylic acids is 3. The molecule has 2 atom stereocenters. The number of rotatable bonds is 5. The van der Waals surface area contributed by atoms with Crippen molar-refractivity contribution in [3.8, 4) is 0 Å². The van der Waals surface area contributed by atoms with Crippen molar-refractivity contribution >= 4 is 56.6 Å². The van der Waals surface area contributed by atoms with Gasteiger partial charge in [-0.15, -0.1) is 11.3 Å². The van der Waals surface area contributed by atoms with Gasteiger partial charge in [0.05, 0.1) is 16.8 Å². The summed E-state index contributed by atoms with van der Waals surface area (Å²) in [6.45, 7) is 3.48. The molecule has 0 bridgehead atoms. The fourth-order valence-electron chi connectivity index (χ4n) is 4.24. The first-order valence-corrected chi connectivity index (χ1v) is 11.1. The minimum atomic E-state index is -0.395. The van der Waals surface area contributed by atoms with Gasteiger partial charge in [0.2, 0.25) is 5.91 Å². The molecule has 0 spiro atoms. The van der Waals surface area contributed by atoms with Crippen LogP contribution < -0.4 is 20.9 Å². The Morgan fingerprint density at radius 2 is 1.97 bits per heavy atom. The molecule has 4 amide bonds. The number of pyridine rings is 2. The Kier molecular flexibility index (Phi) is 5.06. The molecule has 32 heavy (non-hydrogen) atoms. The van der Waals surface area contributed by atoms with Crippen LogP contribution in [0.25, 0.3) is 10.2 Å². The second-order valence-electron chi connectivity index (χ2n) is 7.60. The molecule has 1 aliphatic carbocycles. The maximum atomic E-state index is 13.2. The number of hydrogen-bond donors (Lipinski definition) is 3. The SMILES string of the molecule is C=CC(=O)N[C@@H]1CCC[C@@H]1NC(=O)c1sc2nccc3c2c1NC(=O)N3c1ccccn1. The van der Waals surface area contributed by atoms with Gasteiger partial charge in [-0.2, -0.15) is 0 Å². The van der Waals surface area contributed by atoms with E-state index in [1.807, 2.05) is 0 Å². The number of amides is 4. The van der Waals surface area contributed by atoms with Crippen molar-refractivity contribution in [2.75, 3.05) is 10.2 Å². The predicted octanol–water partition coefficient (Wildman–Crippen LogP) is 3.33. The third kappa shape index (κ3) is 3.38. The zero-order valence-electron chi connectivity index (χ0n) is 17.0. The second kappa shape index (κ2) is 8.04. The van der Waals surface area contributed by atoms with Crippen LogP contribution in [0.4, 0.5) is 22.0 Å². The van der Waals surface area contributed by atoms with Gasteiger partial charge in [-0.05, 0) is 43.5 Å². The minimum absolute atomic E-state index is 0.155. The number of urea groups is 1. The van der Waals surface area contributed by atoms with E-state index in [9.17, 15) is 14.4 Å². The summed E-state index contributed by atoms with van der Waals surface area (Å²) in [5.41, 5.74) is 1.08. The van der Waals surface area contributed by atoms with Crippen molar-refractivity contribution in [2.24, 2.45) is 0 Å². The fourth-order valence-corrected chi connectivity index (χ4v) is 5.26. The lowest BCUT2D eigenvalue weighted by Crippen LogP contribution is -2.48. The van der Waals surface area contributed by atoms with Crippen LogP contribution in [0.5, 0.6) is 0 Å². The van der Waals surface area contributed by atoms with Crippen molar-refractivity contribution in [1.29, 1.82) is 0 Å². The van der Waals surface area contributed by atoms with Crippen LogP contribution >= 0.6 is 11.3 Å². The molecule has 1 aliphatic heterocycles. The Balaban J connectivity index is 1.48. The highest BCUT2D eigenvalue weighted by atomic mass is 32.1.